The molecule has 5 rings (SSSR count). The van der Waals surface area contributed by atoms with Crippen molar-refractivity contribution in [2.75, 3.05) is 32.6 Å². The zero-order chi connectivity index (χ0) is 25.1. The minimum Gasteiger partial charge on any atom is -0.493 e. The van der Waals surface area contributed by atoms with E-state index in [9.17, 15) is 9.59 Å². The predicted molar refractivity (Wildman–Crippen MR) is 125 cm³/mol. The highest BCUT2D eigenvalue weighted by atomic mass is 32.2. The molecule has 0 unspecified atom stereocenters. The Kier molecular flexibility index (Phi) is 7.04. The summed E-state index contributed by atoms with van der Waals surface area (Å²) in [5.41, 5.74) is 1.05. The van der Waals surface area contributed by atoms with Crippen LogP contribution in [-0.2, 0) is 22.7 Å². The number of hydrogen-bond donors (Lipinski definition) is 1. The number of carbonyl (C=O) groups is 2. The van der Waals surface area contributed by atoms with Crippen LogP contribution in [0.15, 0.2) is 34.0 Å². The van der Waals surface area contributed by atoms with Crippen LogP contribution in [0.3, 0.4) is 0 Å². The highest BCUT2D eigenvalue weighted by Gasteiger charge is 2.37. The molecule has 190 valence electrons. The predicted octanol–water partition coefficient (Wildman–Crippen LogP) is 0.689. The fourth-order valence-corrected chi connectivity index (χ4v) is 4.68. The van der Waals surface area contributed by atoms with Crippen molar-refractivity contribution in [1.82, 2.24) is 35.4 Å². The van der Waals surface area contributed by atoms with Crippen LogP contribution in [0.2, 0.25) is 0 Å². The van der Waals surface area contributed by atoms with Crippen LogP contribution in [0.1, 0.15) is 21.9 Å². The van der Waals surface area contributed by atoms with E-state index in [1.807, 2.05) is 0 Å². The number of benzene rings is 1. The molecule has 2 aliphatic heterocycles. The summed E-state index contributed by atoms with van der Waals surface area (Å²) in [5, 5.41) is 19.3. The highest BCUT2D eigenvalue weighted by molar-refractivity contribution is 7.99. The number of nitrogens with zero attached hydrogens (tertiary/aromatic N) is 6. The lowest BCUT2D eigenvalue weighted by Gasteiger charge is -2.20. The molecule has 3 aromatic rings. The van der Waals surface area contributed by atoms with Gasteiger partial charge in [0.05, 0.1) is 44.4 Å². The summed E-state index contributed by atoms with van der Waals surface area (Å²) >= 11 is 1.17. The summed E-state index contributed by atoms with van der Waals surface area (Å²) in [6, 6.07) is 4.56. The Bertz CT molecular complexity index is 1250. The number of aryl methyl sites for hydroxylation is 1. The molecule has 4 heterocycles. The van der Waals surface area contributed by atoms with E-state index in [1.165, 1.54) is 18.9 Å². The molecular formula is C22H25N7O6S. The summed E-state index contributed by atoms with van der Waals surface area (Å²) in [5.74, 6) is 1.10. The van der Waals surface area contributed by atoms with Gasteiger partial charge in [-0.05, 0) is 18.2 Å². The van der Waals surface area contributed by atoms with E-state index in [1.54, 1.807) is 40.9 Å². The largest absolute Gasteiger partial charge is 0.493 e. The molecule has 0 saturated carbocycles. The van der Waals surface area contributed by atoms with Crippen molar-refractivity contribution < 1.29 is 28.2 Å². The van der Waals surface area contributed by atoms with Crippen molar-refractivity contribution in [3.8, 4) is 11.5 Å². The Morgan fingerprint density at radius 3 is 2.97 bits per heavy atom. The second kappa shape index (κ2) is 10.5. The Hall–Kier alpha value is -3.65. The molecule has 1 aromatic carbocycles. The third-order valence-electron chi connectivity index (χ3n) is 5.80. The molecule has 4 bridgehead atoms. The maximum Gasteiger partial charge on any atom is 0.277 e. The lowest BCUT2D eigenvalue weighted by Crippen LogP contribution is -2.44. The minimum absolute atomic E-state index is 0.123. The average molecular weight is 516 g/mol. The van der Waals surface area contributed by atoms with Gasteiger partial charge in [0, 0.05) is 25.6 Å². The van der Waals surface area contributed by atoms with Gasteiger partial charge in [-0.15, -0.1) is 15.3 Å². The molecule has 2 aliphatic rings. The number of likely N-dealkylation sites (tertiary alicyclic amines) is 1. The average Bonchev–Trinajstić information content (AvgIpc) is 3.61. The Balaban J connectivity index is 1.34. The van der Waals surface area contributed by atoms with Crippen molar-refractivity contribution in [3.63, 3.8) is 0 Å². The Morgan fingerprint density at radius 1 is 1.28 bits per heavy atom. The van der Waals surface area contributed by atoms with Crippen LogP contribution >= 0.6 is 11.8 Å². The molecule has 2 aromatic heterocycles. The number of rotatable bonds is 4. The molecule has 2 amide bonds. The fourth-order valence-electron chi connectivity index (χ4n) is 3.97. The van der Waals surface area contributed by atoms with Crippen molar-refractivity contribution in [1.29, 1.82) is 0 Å². The van der Waals surface area contributed by atoms with E-state index < -0.39 is 12.1 Å². The van der Waals surface area contributed by atoms with Crippen LogP contribution in [0.5, 0.6) is 11.5 Å². The van der Waals surface area contributed by atoms with Gasteiger partial charge >= 0.3 is 0 Å². The Labute approximate surface area is 210 Å². The van der Waals surface area contributed by atoms with E-state index in [-0.39, 0.29) is 24.2 Å². The van der Waals surface area contributed by atoms with E-state index in [4.69, 9.17) is 18.6 Å². The van der Waals surface area contributed by atoms with Crippen LogP contribution in [0.25, 0.3) is 0 Å². The van der Waals surface area contributed by atoms with Gasteiger partial charge in [-0.1, -0.05) is 17.0 Å². The summed E-state index contributed by atoms with van der Waals surface area (Å²) < 4.78 is 24.3. The summed E-state index contributed by atoms with van der Waals surface area (Å²) in [6.45, 7) is 3.27. The molecule has 14 heteroatoms. The first-order valence-electron chi connectivity index (χ1n) is 11.3. The van der Waals surface area contributed by atoms with E-state index >= 15 is 0 Å². The number of nitrogens with one attached hydrogen (secondary N) is 1. The summed E-state index contributed by atoms with van der Waals surface area (Å²) in [6.07, 6.45) is 1.35. The number of hydrogen-bond acceptors (Lipinski definition) is 11. The maximum absolute atomic E-state index is 13.1. The van der Waals surface area contributed by atoms with Crippen LogP contribution in [-0.4, -0.2) is 86.6 Å². The molecule has 1 fully saturated rings. The smallest absolute Gasteiger partial charge is 0.277 e. The summed E-state index contributed by atoms with van der Waals surface area (Å²) in [7, 11) is 1.54. The SMILES string of the molecule is COc1ccc2cc1OCCn1cc(nn1)CO[C@H]1CN(C(=O)CSc3nnc(C)o3)C[C@@H]1NC2=O. The van der Waals surface area contributed by atoms with Gasteiger partial charge in [0.15, 0.2) is 11.5 Å². The molecule has 0 aliphatic carbocycles. The van der Waals surface area contributed by atoms with Crippen LogP contribution in [0.4, 0.5) is 0 Å². The topological polar surface area (TPSA) is 147 Å². The third-order valence-corrected chi connectivity index (χ3v) is 6.60. The quantitative estimate of drug-likeness (QED) is 0.490. The maximum atomic E-state index is 13.1. The van der Waals surface area contributed by atoms with Crippen molar-refractivity contribution in [3.05, 3.63) is 41.5 Å². The lowest BCUT2D eigenvalue weighted by atomic mass is 10.1. The number of methoxy groups -OCH3 is 1. The van der Waals surface area contributed by atoms with Gasteiger partial charge in [0.1, 0.15) is 12.3 Å². The van der Waals surface area contributed by atoms with E-state index in [0.29, 0.717) is 60.1 Å². The number of ether oxygens (including phenoxy) is 3. The van der Waals surface area contributed by atoms with Crippen molar-refractivity contribution >= 4 is 23.6 Å². The third kappa shape index (κ3) is 5.44. The number of fused-ring (bicyclic) bond motifs is 5. The molecule has 2 atom stereocenters. The molecule has 13 nitrogen and oxygen atoms in total. The van der Waals surface area contributed by atoms with Crippen molar-refractivity contribution in [2.45, 2.75) is 37.4 Å². The van der Waals surface area contributed by atoms with Gasteiger partial charge < -0.3 is 28.8 Å². The van der Waals surface area contributed by atoms with E-state index in [2.05, 4.69) is 25.8 Å². The monoisotopic (exact) mass is 515 g/mol. The minimum atomic E-state index is -0.433. The zero-order valence-corrected chi connectivity index (χ0v) is 20.6. The molecule has 1 saturated heterocycles. The standard InChI is InChI=1S/C22H25N7O6S/c1-13-24-26-22(35-13)36-12-20(30)28-9-16-19(10-28)34-11-15-8-29(27-25-15)5-6-33-18-7-14(21(31)23-16)3-4-17(18)32-2/h3-4,7-8,16,19H,5-6,9-12H2,1-2H3,(H,23,31)/t16-,19-/m0/s1. The molecule has 36 heavy (non-hydrogen) atoms. The van der Waals surface area contributed by atoms with Gasteiger partial charge in [-0.25, -0.2) is 4.68 Å². The molecule has 0 spiro atoms. The molecular weight excluding hydrogens is 490 g/mol. The second-order valence-electron chi connectivity index (χ2n) is 8.29. The van der Waals surface area contributed by atoms with Crippen molar-refractivity contribution in [2.24, 2.45) is 0 Å². The van der Waals surface area contributed by atoms with Gasteiger partial charge in [-0.2, -0.15) is 0 Å². The number of amides is 2. The molecule has 0 radical (unpaired) electrons. The number of carbonyl (C=O) groups excluding carboxylic acids is 2. The van der Waals surface area contributed by atoms with Crippen LogP contribution < -0.4 is 14.8 Å². The van der Waals surface area contributed by atoms with E-state index in [0.717, 1.165) is 0 Å². The zero-order valence-electron chi connectivity index (χ0n) is 19.7. The first-order valence-corrected chi connectivity index (χ1v) is 12.3. The normalized spacial score (nSPS) is 20.1. The van der Waals surface area contributed by atoms with Gasteiger partial charge in [0.2, 0.25) is 11.8 Å². The number of aromatic nitrogens is 5. The highest BCUT2D eigenvalue weighted by Crippen LogP contribution is 2.28. The Morgan fingerprint density at radius 2 is 2.17 bits per heavy atom. The fraction of sp³-hybridized carbons (Fsp3) is 0.455. The number of thioether (sulfide) groups is 1. The van der Waals surface area contributed by atoms with Crippen LogP contribution in [0, 0.1) is 6.92 Å². The van der Waals surface area contributed by atoms with Gasteiger partial charge in [-0.3, -0.25) is 9.59 Å². The first-order chi connectivity index (χ1) is 17.5. The second-order valence-corrected chi connectivity index (χ2v) is 9.22. The van der Waals surface area contributed by atoms with Gasteiger partial charge in [0.25, 0.3) is 11.1 Å². The lowest BCUT2D eigenvalue weighted by molar-refractivity contribution is -0.127. The molecule has 1 N–H and O–H groups in total. The first kappa shape index (κ1) is 24.1. The summed E-state index contributed by atoms with van der Waals surface area (Å²) in [4.78, 5) is 27.7.